The van der Waals surface area contributed by atoms with Gasteiger partial charge >= 0.3 is 0 Å². The fraction of sp³-hybridized carbons (Fsp3) is 0.818. The Morgan fingerprint density at radius 2 is 2.36 bits per heavy atom. The number of methoxy groups -OCH3 is 1. The van der Waals surface area contributed by atoms with Crippen molar-refractivity contribution in [3.63, 3.8) is 0 Å². The van der Waals surface area contributed by atoms with Gasteiger partial charge in [0.25, 0.3) is 0 Å². The standard InChI is InChI=1S/C11H21NO2/c1-11(2,13-3)9-12-8-10-6-4-5-7-14-10/h5,7,10,12H,4,6,8-9H2,1-3H3. The lowest BCUT2D eigenvalue weighted by Crippen LogP contribution is -2.40. The summed E-state index contributed by atoms with van der Waals surface area (Å²) in [6, 6.07) is 0. The molecule has 82 valence electrons. The van der Waals surface area contributed by atoms with Gasteiger partial charge in [-0.05, 0) is 32.8 Å². The molecule has 3 heteroatoms. The van der Waals surface area contributed by atoms with Crippen LogP contribution in [-0.2, 0) is 9.47 Å². The average Bonchev–Trinajstić information content (AvgIpc) is 2.19. The van der Waals surface area contributed by atoms with E-state index < -0.39 is 0 Å². The van der Waals surface area contributed by atoms with Gasteiger partial charge < -0.3 is 14.8 Å². The molecule has 0 bridgehead atoms. The van der Waals surface area contributed by atoms with Crippen molar-refractivity contribution in [3.05, 3.63) is 12.3 Å². The van der Waals surface area contributed by atoms with E-state index in [4.69, 9.17) is 9.47 Å². The quantitative estimate of drug-likeness (QED) is 0.731. The van der Waals surface area contributed by atoms with E-state index in [-0.39, 0.29) is 5.60 Å². The van der Waals surface area contributed by atoms with E-state index in [0.29, 0.717) is 6.10 Å². The minimum Gasteiger partial charge on any atom is -0.497 e. The largest absolute Gasteiger partial charge is 0.497 e. The van der Waals surface area contributed by atoms with Crippen molar-refractivity contribution >= 4 is 0 Å². The van der Waals surface area contributed by atoms with Crippen molar-refractivity contribution in [1.29, 1.82) is 0 Å². The predicted molar refractivity (Wildman–Crippen MR) is 57.2 cm³/mol. The summed E-state index contributed by atoms with van der Waals surface area (Å²) in [7, 11) is 1.74. The predicted octanol–water partition coefficient (Wildman–Crippen LogP) is 1.69. The summed E-state index contributed by atoms with van der Waals surface area (Å²) in [5.74, 6) is 0. The molecule has 0 amide bonds. The van der Waals surface area contributed by atoms with Crippen LogP contribution < -0.4 is 5.32 Å². The van der Waals surface area contributed by atoms with Crippen LogP contribution in [0.3, 0.4) is 0 Å². The van der Waals surface area contributed by atoms with Crippen molar-refractivity contribution in [2.45, 2.75) is 38.4 Å². The Bertz CT molecular complexity index is 190. The van der Waals surface area contributed by atoms with E-state index in [1.807, 2.05) is 0 Å². The molecule has 1 atom stereocenters. The van der Waals surface area contributed by atoms with Crippen LogP contribution in [0, 0.1) is 0 Å². The highest BCUT2D eigenvalue weighted by Crippen LogP contribution is 2.10. The van der Waals surface area contributed by atoms with Gasteiger partial charge in [-0.3, -0.25) is 0 Å². The first-order chi connectivity index (χ1) is 6.64. The van der Waals surface area contributed by atoms with E-state index in [1.54, 1.807) is 13.4 Å². The van der Waals surface area contributed by atoms with Crippen molar-refractivity contribution in [1.82, 2.24) is 5.32 Å². The van der Waals surface area contributed by atoms with Gasteiger partial charge in [-0.1, -0.05) is 0 Å². The third kappa shape index (κ3) is 4.11. The second kappa shape index (κ2) is 5.37. The number of nitrogens with one attached hydrogen (secondary N) is 1. The molecular weight excluding hydrogens is 178 g/mol. The van der Waals surface area contributed by atoms with Gasteiger partial charge in [-0.15, -0.1) is 0 Å². The van der Waals surface area contributed by atoms with E-state index in [1.165, 1.54) is 0 Å². The summed E-state index contributed by atoms with van der Waals surface area (Å²) in [4.78, 5) is 0. The molecule has 0 aromatic rings. The first kappa shape index (κ1) is 11.5. The molecule has 3 nitrogen and oxygen atoms in total. The van der Waals surface area contributed by atoms with Crippen molar-refractivity contribution in [2.75, 3.05) is 20.2 Å². The van der Waals surface area contributed by atoms with Gasteiger partial charge in [0, 0.05) is 20.2 Å². The molecule has 1 aliphatic rings. The topological polar surface area (TPSA) is 30.5 Å². The highest BCUT2D eigenvalue weighted by Gasteiger charge is 2.17. The number of hydrogen-bond donors (Lipinski definition) is 1. The molecule has 0 saturated heterocycles. The molecule has 1 unspecified atom stereocenters. The van der Waals surface area contributed by atoms with Crippen LogP contribution in [0.5, 0.6) is 0 Å². The molecule has 0 aromatic heterocycles. The minimum atomic E-state index is -0.0928. The smallest absolute Gasteiger partial charge is 0.110 e. The van der Waals surface area contributed by atoms with Gasteiger partial charge in [0.2, 0.25) is 0 Å². The lowest BCUT2D eigenvalue weighted by atomic mass is 10.1. The van der Waals surface area contributed by atoms with Crippen LogP contribution in [-0.4, -0.2) is 31.9 Å². The Hall–Kier alpha value is -0.540. The number of ether oxygens (including phenoxy) is 2. The zero-order valence-electron chi connectivity index (χ0n) is 9.38. The van der Waals surface area contributed by atoms with Crippen LogP contribution >= 0.6 is 0 Å². The maximum atomic E-state index is 5.44. The number of allylic oxidation sites excluding steroid dienone is 1. The van der Waals surface area contributed by atoms with E-state index in [2.05, 4.69) is 25.2 Å². The second-order valence-corrected chi connectivity index (χ2v) is 4.30. The van der Waals surface area contributed by atoms with Crippen molar-refractivity contribution < 1.29 is 9.47 Å². The third-order valence-corrected chi connectivity index (χ3v) is 2.50. The third-order valence-electron chi connectivity index (χ3n) is 2.50. The van der Waals surface area contributed by atoms with Crippen LogP contribution in [0.2, 0.25) is 0 Å². The first-order valence-electron chi connectivity index (χ1n) is 5.20. The van der Waals surface area contributed by atoms with Crippen molar-refractivity contribution in [2.24, 2.45) is 0 Å². The number of rotatable bonds is 5. The summed E-state index contributed by atoms with van der Waals surface area (Å²) in [5, 5.41) is 3.36. The molecule has 1 aliphatic heterocycles. The Morgan fingerprint density at radius 3 is 2.93 bits per heavy atom. The molecule has 1 N–H and O–H groups in total. The fourth-order valence-corrected chi connectivity index (χ4v) is 1.34. The number of hydrogen-bond acceptors (Lipinski definition) is 3. The average molecular weight is 199 g/mol. The monoisotopic (exact) mass is 199 g/mol. The van der Waals surface area contributed by atoms with Crippen LogP contribution in [0.15, 0.2) is 12.3 Å². The van der Waals surface area contributed by atoms with E-state index in [0.717, 1.165) is 25.9 Å². The molecule has 0 fully saturated rings. The van der Waals surface area contributed by atoms with Gasteiger partial charge in [-0.2, -0.15) is 0 Å². The fourth-order valence-electron chi connectivity index (χ4n) is 1.34. The van der Waals surface area contributed by atoms with E-state index >= 15 is 0 Å². The second-order valence-electron chi connectivity index (χ2n) is 4.30. The zero-order valence-corrected chi connectivity index (χ0v) is 9.38. The summed E-state index contributed by atoms with van der Waals surface area (Å²) >= 11 is 0. The summed E-state index contributed by atoms with van der Waals surface area (Å²) in [5.41, 5.74) is -0.0928. The molecule has 0 saturated carbocycles. The van der Waals surface area contributed by atoms with Crippen molar-refractivity contribution in [3.8, 4) is 0 Å². The molecule has 1 rings (SSSR count). The van der Waals surface area contributed by atoms with Crippen LogP contribution in [0.25, 0.3) is 0 Å². The lowest BCUT2D eigenvalue weighted by Gasteiger charge is -2.25. The highest BCUT2D eigenvalue weighted by atomic mass is 16.5. The summed E-state index contributed by atoms with van der Waals surface area (Å²) < 4.78 is 10.8. The minimum absolute atomic E-state index is 0.0928. The molecule has 14 heavy (non-hydrogen) atoms. The lowest BCUT2D eigenvalue weighted by molar-refractivity contribution is 0.0196. The molecule has 0 spiro atoms. The zero-order chi connectivity index (χ0) is 10.4. The van der Waals surface area contributed by atoms with Crippen LogP contribution in [0.1, 0.15) is 26.7 Å². The molecule has 0 radical (unpaired) electrons. The Labute approximate surface area is 86.5 Å². The first-order valence-corrected chi connectivity index (χ1v) is 5.20. The van der Waals surface area contributed by atoms with Gasteiger partial charge in [0.15, 0.2) is 0 Å². The molecule has 1 heterocycles. The van der Waals surface area contributed by atoms with Crippen LogP contribution in [0.4, 0.5) is 0 Å². The molecule has 0 aromatic carbocycles. The maximum absolute atomic E-state index is 5.44. The van der Waals surface area contributed by atoms with Gasteiger partial charge in [0.05, 0.1) is 11.9 Å². The summed E-state index contributed by atoms with van der Waals surface area (Å²) in [6.45, 7) is 5.90. The summed E-state index contributed by atoms with van der Waals surface area (Å²) in [6.07, 6.45) is 6.43. The molecular formula is C11H21NO2. The highest BCUT2D eigenvalue weighted by molar-refractivity contribution is 4.83. The Kier molecular flexibility index (Phi) is 4.42. The Morgan fingerprint density at radius 1 is 1.57 bits per heavy atom. The van der Waals surface area contributed by atoms with E-state index in [9.17, 15) is 0 Å². The van der Waals surface area contributed by atoms with Gasteiger partial charge in [0.1, 0.15) is 6.10 Å². The maximum Gasteiger partial charge on any atom is 0.110 e. The molecule has 0 aliphatic carbocycles. The Balaban J connectivity index is 2.11. The normalized spacial score (nSPS) is 22.1. The SMILES string of the molecule is COC(C)(C)CNCC1CCC=CO1. The van der Waals surface area contributed by atoms with Gasteiger partial charge in [-0.25, -0.2) is 0 Å².